The van der Waals surface area contributed by atoms with Crippen LogP contribution in [-0.4, -0.2) is 23.8 Å². The molecule has 0 saturated heterocycles. The number of fused-ring (bicyclic) bond motifs is 1. The zero-order valence-corrected chi connectivity index (χ0v) is 18.7. The molecule has 5 rings (SSSR count). The topological polar surface area (TPSA) is 40.6 Å². The highest BCUT2D eigenvalue weighted by atomic mass is 16.2. The number of rotatable bonds is 5. The second-order valence-electron chi connectivity index (χ2n) is 8.38. The number of imide groups is 1. The molecule has 0 atom stereocenters. The number of hydrogen-bond donors (Lipinski definition) is 0. The lowest BCUT2D eigenvalue weighted by Gasteiger charge is -2.22. The molecule has 1 aliphatic heterocycles. The minimum atomic E-state index is -0.301. The molecule has 162 valence electrons. The van der Waals surface area contributed by atoms with Gasteiger partial charge in [0.25, 0.3) is 11.8 Å². The van der Waals surface area contributed by atoms with Crippen molar-refractivity contribution in [3.63, 3.8) is 0 Å². The number of nitrogens with zero attached hydrogens (tertiary/aromatic N) is 2. The summed E-state index contributed by atoms with van der Waals surface area (Å²) in [5.74, 6) is -0.597. The van der Waals surface area contributed by atoms with Gasteiger partial charge in [-0.2, -0.15) is 0 Å². The van der Waals surface area contributed by atoms with Crippen molar-refractivity contribution < 1.29 is 9.59 Å². The molecule has 0 fully saturated rings. The molecule has 4 aromatic carbocycles. The number of carbonyl (C=O) groups excluding carboxylic acids is 2. The monoisotopic (exact) mass is 432 g/mol. The molecule has 0 bridgehead atoms. The van der Waals surface area contributed by atoms with Crippen molar-refractivity contribution in [2.45, 2.75) is 13.5 Å². The van der Waals surface area contributed by atoms with E-state index in [0.29, 0.717) is 23.5 Å². The average Bonchev–Trinajstić information content (AvgIpc) is 3.10. The van der Waals surface area contributed by atoms with E-state index >= 15 is 0 Å². The predicted molar refractivity (Wildman–Crippen MR) is 132 cm³/mol. The number of amides is 2. The molecular formula is C29H24N2O2. The van der Waals surface area contributed by atoms with Gasteiger partial charge in [0.05, 0.1) is 11.3 Å². The number of hydrogen-bond acceptors (Lipinski definition) is 3. The van der Waals surface area contributed by atoms with Gasteiger partial charge in [0.1, 0.15) is 5.70 Å². The van der Waals surface area contributed by atoms with Gasteiger partial charge in [-0.25, -0.2) is 4.90 Å². The van der Waals surface area contributed by atoms with Crippen molar-refractivity contribution >= 4 is 33.8 Å². The minimum absolute atomic E-state index is 0.296. The average molecular weight is 433 g/mol. The molecular weight excluding hydrogens is 408 g/mol. The summed E-state index contributed by atoms with van der Waals surface area (Å²) in [6.07, 6.45) is 0. The zero-order chi connectivity index (χ0) is 22.9. The fourth-order valence-electron chi connectivity index (χ4n) is 4.41. The fourth-order valence-corrected chi connectivity index (χ4v) is 4.41. The van der Waals surface area contributed by atoms with E-state index in [-0.39, 0.29) is 11.8 Å². The number of carbonyl (C=O) groups is 2. The molecule has 1 heterocycles. The van der Waals surface area contributed by atoms with Gasteiger partial charge in [0.2, 0.25) is 0 Å². The summed E-state index contributed by atoms with van der Waals surface area (Å²) in [5.41, 5.74) is 4.38. The third kappa shape index (κ3) is 3.70. The van der Waals surface area contributed by atoms with Crippen LogP contribution in [0.2, 0.25) is 0 Å². The lowest BCUT2D eigenvalue weighted by molar-refractivity contribution is -0.120. The highest BCUT2D eigenvalue weighted by Gasteiger charge is 2.42. The summed E-state index contributed by atoms with van der Waals surface area (Å²) >= 11 is 0. The Morgan fingerprint density at radius 1 is 0.727 bits per heavy atom. The van der Waals surface area contributed by atoms with E-state index in [0.717, 1.165) is 27.5 Å². The van der Waals surface area contributed by atoms with Crippen LogP contribution >= 0.6 is 0 Å². The quantitative estimate of drug-likeness (QED) is 0.388. The third-order valence-electron chi connectivity index (χ3n) is 6.05. The normalized spacial score (nSPS) is 13.8. The number of aryl methyl sites for hydroxylation is 1. The minimum Gasteiger partial charge on any atom is -0.365 e. The van der Waals surface area contributed by atoms with Crippen LogP contribution in [0.25, 0.3) is 16.3 Å². The fraction of sp³-hybridized carbons (Fsp3) is 0.103. The van der Waals surface area contributed by atoms with Gasteiger partial charge in [0, 0.05) is 19.0 Å². The first-order valence-electron chi connectivity index (χ1n) is 11.0. The molecule has 33 heavy (non-hydrogen) atoms. The Morgan fingerprint density at radius 3 is 2.15 bits per heavy atom. The first kappa shape index (κ1) is 20.7. The van der Waals surface area contributed by atoms with E-state index in [9.17, 15) is 9.59 Å². The second kappa shape index (κ2) is 8.40. The van der Waals surface area contributed by atoms with Crippen LogP contribution in [0.4, 0.5) is 5.69 Å². The summed E-state index contributed by atoms with van der Waals surface area (Å²) < 4.78 is 0. The smallest absolute Gasteiger partial charge is 0.282 e. The van der Waals surface area contributed by atoms with Gasteiger partial charge in [-0.3, -0.25) is 9.59 Å². The molecule has 0 N–H and O–H groups in total. The van der Waals surface area contributed by atoms with Gasteiger partial charge in [-0.05, 0) is 29.5 Å². The van der Waals surface area contributed by atoms with E-state index in [1.807, 2.05) is 116 Å². The van der Waals surface area contributed by atoms with Crippen LogP contribution in [0.5, 0.6) is 0 Å². The predicted octanol–water partition coefficient (Wildman–Crippen LogP) is 5.56. The molecule has 0 aromatic heterocycles. The Hall–Kier alpha value is -4.18. The Kier molecular flexibility index (Phi) is 5.27. The maximum Gasteiger partial charge on any atom is 0.282 e. The van der Waals surface area contributed by atoms with Gasteiger partial charge in [0.15, 0.2) is 0 Å². The molecule has 0 radical (unpaired) electrons. The molecule has 4 heteroatoms. The highest BCUT2D eigenvalue weighted by molar-refractivity contribution is 6.46. The highest BCUT2D eigenvalue weighted by Crippen LogP contribution is 2.37. The summed E-state index contributed by atoms with van der Waals surface area (Å²) in [6.45, 7) is 2.53. The van der Waals surface area contributed by atoms with Gasteiger partial charge < -0.3 is 4.90 Å². The van der Waals surface area contributed by atoms with Crippen molar-refractivity contribution in [2.75, 3.05) is 11.9 Å². The Labute approximate surface area is 193 Å². The van der Waals surface area contributed by atoms with Gasteiger partial charge >= 0.3 is 0 Å². The SMILES string of the molecule is Cc1ccc(C2=C(N(C)Cc3ccccc3)C(=O)N(c3cccc4ccccc34)C2=O)cc1. The summed E-state index contributed by atoms with van der Waals surface area (Å²) in [7, 11) is 1.87. The van der Waals surface area contributed by atoms with Crippen LogP contribution in [-0.2, 0) is 16.1 Å². The van der Waals surface area contributed by atoms with Crippen molar-refractivity contribution in [1.82, 2.24) is 4.90 Å². The second-order valence-corrected chi connectivity index (χ2v) is 8.38. The van der Waals surface area contributed by atoms with Gasteiger partial charge in [-0.15, -0.1) is 0 Å². The maximum atomic E-state index is 13.8. The Morgan fingerprint density at radius 2 is 1.39 bits per heavy atom. The largest absolute Gasteiger partial charge is 0.365 e. The summed E-state index contributed by atoms with van der Waals surface area (Å²) in [5, 5.41) is 1.86. The van der Waals surface area contributed by atoms with Crippen molar-refractivity contribution in [2.24, 2.45) is 0 Å². The van der Waals surface area contributed by atoms with E-state index in [2.05, 4.69) is 0 Å². The zero-order valence-electron chi connectivity index (χ0n) is 18.7. The van der Waals surface area contributed by atoms with E-state index < -0.39 is 0 Å². The number of anilines is 1. The lowest BCUT2D eigenvalue weighted by atomic mass is 10.0. The van der Waals surface area contributed by atoms with Crippen molar-refractivity contribution in [1.29, 1.82) is 0 Å². The Balaban J connectivity index is 1.64. The first-order valence-corrected chi connectivity index (χ1v) is 11.0. The molecule has 2 amide bonds. The molecule has 0 spiro atoms. The first-order chi connectivity index (χ1) is 16.0. The maximum absolute atomic E-state index is 13.8. The Bertz CT molecular complexity index is 1380. The van der Waals surface area contributed by atoms with Crippen LogP contribution in [0.15, 0.2) is 103 Å². The summed E-state index contributed by atoms with van der Waals surface area (Å²) in [6, 6.07) is 31.2. The van der Waals surface area contributed by atoms with Crippen LogP contribution in [0, 0.1) is 6.92 Å². The van der Waals surface area contributed by atoms with Crippen molar-refractivity contribution in [3.8, 4) is 0 Å². The van der Waals surface area contributed by atoms with Crippen LogP contribution in [0.1, 0.15) is 16.7 Å². The standard InChI is InChI=1S/C29H24N2O2/c1-20-15-17-23(18-16-20)26-27(30(2)19-21-9-4-3-5-10-21)29(33)31(28(26)32)25-14-8-12-22-11-6-7-13-24(22)25/h3-18H,19H2,1-2H3. The van der Waals surface area contributed by atoms with Crippen LogP contribution in [0.3, 0.4) is 0 Å². The molecule has 1 aliphatic rings. The van der Waals surface area contributed by atoms with E-state index in [1.165, 1.54) is 4.90 Å². The molecule has 0 saturated carbocycles. The molecule has 4 nitrogen and oxygen atoms in total. The third-order valence-corrected chi connectivity index (χ3v) is 6.05. The molecule has 0 aliphatic carbocycles. The van der Waals surface area contributed by atoms with Gasteiger partial charge in [-0.1, -0.05) is 96.6 Å². The van der Waals surface area contributed by atoms with E-state index in [1.54, 1.807) is 0 Å². The lowest BCUT2D eigenvalue weighted by Crippen LogP contribution is -2.34. The number of likely N-dealkylation sites (N-methyl/N-ethyl adjacent to an activating group) is 1. The number of benzene rings is 4. The van der Waals surface area contributed by atoms with Crippen molar-refractivity contribution in [3.05, 3.63) is 119 Å². The molecule has 0 unspecified atom stereocenters. The summed E-state index contributed by atoms with van der Waals surface area (Å²) in [4.78, 5) is 30.9. The molecule has 4 aromatic rings. The van der Waals surface area contributed by atoms with Crippen LogP contribution < -0.4 is 4.90 Å². The van der Waals surface area contributed by atoms with E-state index in [4.69, 9.17) is 0 Å².